The fraction of sp³-hybridized carbons (Fsp3) is 0.407. The average Bonchev–Trinajstić information content (AvgIpc) is 3.30. The van der Waals surface area contributed by atoms with Crippen LogP contribution in [0.15, 0.2) is 40.8 Å². The number of halogens is 2. The molecule has 11 heteroatoms. The maximum atomic E-state index is 12.4. The zero-order valence-corrected chi connectivity index (χ0v) is 24.5. The number of anilines is 1. The lowest BCUT2D eigenvalue weighted by atomic mass is 10.1. The number of fused-ring (bicyclic) bond motifs is 1. The van der Waals surface area contributed by atoms with E-state index in [1.165, 1.54) is 0 Å². The van der Waals surface area contributed by atoms with Crippen molar-refractivity contribution in [1.29, 1.82) is 5.26 Å². The quantitative estimate of drug-likeness (QED) is 0.303. The number of alkyl halides is 2. The van der Waals surface area contributed by atoms with Gasteiger partial charge >= 0.3 is 6.09 Å². The van der Waals surface area contributed by atoms with Crippen LogP contribution in [0.3, 0.4) is 0 Å². The third-order valence-electron chi connectivity index (χ3n) is 5.84. The van der Waals surface area contributed by atoms with Crippen LogP contribution in [-0.4, -0.2) is 53.3 Å². The minimum absolute atomic E-state index is 0.0752. The summed E-state index contributed by atoms with van der Waals surface area (Å²) in [5.41, 5.74) is 3.26. The molecule has 0 spiro atoms. The molecule has 200 valence electrons. The summed E-state index contributed by atoms with van der Waals surface area (Å²) in [6.45, 7) is 6.51. The minimum atomic E-state index is -0.529. The van der Waals surface area contributed by atoms with Crippen molar-refractivity contribution in [1.82, 2.24) is 9.88 Å². The van der Waals surface area contributed by atoms with E-state index in [2.05, 4.69) is 48.2 Å². The third kappa shape index (κ3) is 7.12. The van der Waals surface area contributed by atoms with Gasteiger partial charge in [-0.25, -0.2) is 9.78 Å². The lowest BCUT2D eigenvalue weighted by molar-refractivity contribution is -0.123. The molecule has 0 unspecified atom stereocenters. The highest BCUT2D eigenvalue weighted by Crippen LogP contribution is 2.37. The van der Waals surface area contributed by atoms with Crippen LogP contribution in [0.4, 0.5) is 10.5 Å². The van der Waals surface area contributed by atoms with Crippen LogP contribution in [0.1, 0.15) is 48.5 Å². The minimum Gasteiger partial charge on any atom is -0.444 e. The number of carbonyl (C=O) groups excluding carboxylic acids is 2. The number of hydrogen-bond donors (Lipinski definition) is 1. The largest absolute Gasteiger partial charge is 0.444 e. The molecule has 1 aliphatic rings. The molecule has 2 aromatic carbocycles. The van der Waals surface area contributed by atoms with Crippen LogP contribution >= 0.6 is 31.9 Å². The number of nitrogens with one attached hydrogen (secondary N) is 1. The molecule has 2 heterocycles. The maximum Gasteiger partial charge on any atom is 0.410 e. The number of hydrogen-bond acceptors (Lipinski definition) is 7. The normalized spacial score (nSPS) is 14.5. The van der Waals surface area contributed by atoms with E-state index < -0.39 is 5.60 Å². The Morgan fingerprint density at radius 3 is 2.50 bits per heavy atom. The van der Waals surface area contributed by atoms with Crippen LogP contribution in [0.2, 0.25) is 0 Å². The molecule has 4 rings (SSSR count). The highest BCUT2D eigenvalue weighted by molar-refractivity contribution is 9.24. The molecule has 1 aliphatic heterocycles. The number of carbonyl (C=O) groups is 2. The summed E-state index contributed by atoms with van der Waals surface area (Å²) < 4.78 is 17.0. The van der Waals surface area contributed by atoms with E-state index in [1.54, 1.807) is 41.3 Å². The molecule has 0 saturated carbocycles. The summed E-state index contributed by atoms with van der Waals surface area (Å²) in [5, 5.41) is 12.1. The van der Waals surface area contributed by atoms with Gasteiger partial charge in [-0.3, -0.25) is 4.79 Å². The second-order valence-electron chi connectivity index (χ2n) is 9.95. The summed E-state index contributed by atoms with van der Waals surface area (Å²) in [6, 6.07) is 12.7. The van der Waals surface area contributed by atoms with E-state index in [0.717, 1.165) is 11.1 Å². The Bertz CT molecular complexity index is 1350. The second-order valence-corrected chi connectivity index (χ2v) is 13.0. The molecule has 3 aromatic rings. The van der Waals surface area contributed by atoms with Gasteiger partial charge in [0.1, 0.15) is 17.7 Å². The highest BCUT2D eigenvalue weighted by Gasteiger charge is 2.27. The van der Waals surface area contributed by atoms with Crippen molar-refractivity contribution >= 4 is 60.6 Å². The van der Waals surface area contributed by atoms with Gasteiger partial charge in [0.2, 0.25) is 11.8 Å². The Hall–Kier alpha value is -2.94. The number of benzene rings is 2. The summed E-state index contributed by atoms with van der Waals surface area (Å²) in [5.74, 6) is 0.152. The van der Waals surface area contributed by atoms with E-state index >= 15 is 0 Å². The smallest absolute Gasteiger partial charge is 0.410 e. The van der Waals surface area contributed by atoms with Crippen LogP contribution < -0.4 is 5.32 Å². The van der Waals surface area contributed by atoms with Gasteiger partial charge in [-0.2, -0.15) is 5.26 Å². The number of nitriles is 1. The summed E-state index contributed by atoms with van der Waals surface area (Å²) in [4.78, 5) is 30.8. The zero-order valence-electron chi connectivity index (χ0n) is 21.3. The van der Waals surface area contributed by atoms with Gasteiger partial charge in [0.15, 0.2) is 5.58 Å². The first kappa shape index (κ1) is 28.1. The number of rotatable bonds is 6. The van der Waals surface area contributed by atoms with Crippen LogP contribution in [-0.2, 0) is 14.3 Å². The topological polar surface area (TPSA) is 118 Å². The van der Waals surface area contributed by atoms with Crippen LogP contribution in [0.5, 0.6) is 0 Å². The van der Waals surface area contributed by atoms with E-state index in [-0.39, 0.29) is 28.4 Å². The molecule has 1 aromatic heterocycles. The van der Waals surface area contributed by atoms with Gasteiger partial charge in [-0.15, -0.1) is 0 Å². The molecule has 38 heavy (non-hydrogen) atoms. The van der Waals surface area contributed by atoms with Crippen LogP contribution in [0, 0.1) is 11.3 Å². The Labute approximate surface area is 237 Å². The van der Waals surface area contributed by atoms with Crippen molar-refractivity contribution in [3.8, 4) is 17.5 Å². The van der Waals surface area contributed by atoms with E-state index in [9.17, 15) is 14.9 Å². The Balaban J connectivity index is 1.30. The van der Waals surface area contributed by atoms with Gasteiger partial charge in [-0.05, 0) is 70.0 Å². The Morgan fingerprint density at radius 1 is 1.21 bits per heavy atom. The first-order valence-electron chi connectivity index (χ1n) is 12.1. The Kier molecular flexibility index (Phi) is 8.75. The van der Waals surface area contributed by atoms with Crippen molar-refractivity contribution in [2.24, 2.45) is 0 Å². The molecule has 2 amide bonds. The lowest BCUT2D eigenvalue weighted by Gasteiger charge is -2.33. The van der Waals surface area contributed by atoms with Gasteiger partial charge in [0.05, 0.1) is 21.5 Å². The van der Waals surface area contributed by atoms with Gasteiger partial charge in [0.25, 0.3) is 0 Å². The number of oxazole rings is 1. The lowest BCUT2D eigenvalue weighted by Crippen LogP contribution is -2.43. The predicted molar refractivity (Wildman–Crippen MR) is 150 cm³/mol. The monoisotopic (exact) mass is 646 g/mol. The van der Waals surface area contributed by atoms with Crippen molar-refractivity contribution in [2.75, 3.05) is 25.0 Å². The number of piperidine rings is 1. The van der Waals surface area contributed by atoms with Crippen molar-refractivity contribution in [3.63, 3.8) is 0 Å². The summed E-state index contributed by atoms with van der Waals surface area (Å²) in [6.07, 6.45) is 0.881. The van der Waals surface area contributed by atoms with Crippen molar-refractivity contribution < 1.29 is 23.5 Å². The van der Waals surface area contributed by atoms with Gasteiger partial charge < -0.3 is 24.1 Å². The number of aromatic nitrogens is 1. The van der Waals surface area contributed by atoms with E-state index in [0.29, 0.717) is 54.2 Å². The highest BCUT2D eigenvalue weighted by atomic mass is 79.9. The zero-order chi connectivity index (χ0) is 27.4. The van der Waals surface area contributed by atoms with Crippen molar-refractivity contribution in [3.05, 3.63) is 47.5 Å². The molecule has 0 bridgehead atoms. The summed E-state index contributed by atoms with van der Waals surface area (Å²) in [7, 11) is 0. The Morgan fingerprint density at radius 2 is 1.89 bits per heavy atom. The molecule has 9 nitrogen and oxygen atoms in total. The number of amides is 2. The SMILES string of the molecule is CC(C)(C)OC(=O)N1CCC(OCC(=O)Nc2ccc(-c3nc4cc(C#N)cc(C(Br)Br)c4o3)cc2)CC1. The van der Waals surface area contributed by atoms with Gasteiger partial charge in [-0.1, -0.05) is 31.9 Å². The molecule has 0 atom stereocenters. The molecule has 1 N–H and O–H groups in total. The molecule has 0 radical (unpaired) electrons. The molecule has 0 aliphatic carbocycles. The molecular weight excluding hydrogens is 620 g/mol. The summed E-state index contributed by atoms with van der Waals surface area (Å²) >= 11 is 6.94. The standard InChI is InChI=1S/C27H28Br2N4O5/c1-27(2,3)38-26(35)33-10-8-19(9-11-33)36-15-22(34)31-18-6-4-17(5-7-18)25-32-21-13-16(14-30)12-20(24(28)29)23(21)37-25/h4-7,12-13,19,24H,8-11,15H2,1-3H3,(H,31,34). The van der Waals surface area contributed by atoms with Crippen LogP contribution in [0.25, 0.3) is 22.6 Å². The first-order valence-corrected chi connectivity index (χ1v) is 14.0. The molecule has 1 saturated heterocycles. The molecule has 1 fully saturated rings. The number of ether oxygens (including phenoxy) is 2. The fourth-order valence-corrected chi connectivity index (χ4v) is 4.71. The fourth-order valence-electron chi connectivity index (χ4n) is 4.03. The second kappa shape index (κ2) is 11.8. The number of nitrogens with zero attached hydrogens (tertiary/aromatic N) is 3. The maximum absolute atomic E-state index is 12.4. The van der Waals surface area contributed by atoms with Gasteiger partial charge in [0, 0.05) is 29.9 Å². The van der Waals surface area contributed by atoms with Crippen molar-refractivity contribution in [2.45, 2.75) is 49.1 Å². The molecular formula is C27H28Br2N4O5. The van der Waals surface area contributed by atoms with E-state index in [1.807, 2.05) is 20.8 Å². The third-order valence-corrected chi connectivity index (χ3v) is 6.83. The first-order chi connectivity index (χ1) is 18.0. The number of likely N-dealkylation sites (tertiary alicyclic amines) is 1. The van der Waals surface area contributed by atoms with E-state index in [4.69, 9.17) is 13.9 Å². The average molecular weight is 648 g/mol. The predicted octanol–water partition coefficient (Wildman–Crippen LogP) is 6.51.